The van der Waals surface area contributed by atoms with E-state index >= 15 is 0 Å². The van der Waals surface area contributed by atoms with Gasteiger partial charge in [0.25, 0.3) is 5.91 Å². The predicted octanol–water partition coefficient (Wildman–Crippen LogP) is 3.05. The standard InChI is InChI=1S/C20H22F3N3O4/c1-11(2)29-17-9-13-15(8-14(17)18(24)27)25-6-5-16(13)30-12-4-3-7-26(10-12)19(28)20(21,22)23/h5-6,8-9,11-12H,3-4,7,10H2,1-2H3,(H2,24,27)/t12-/m1/s1. The lowest BCUT2D eigenvalue weighted by atomic mass is 10.1. The molecule has 2 N–H and O–H groups in total. The van der Waals surface area contributed by atoms with E-state index in [1.807, 2.05) is 0 Å². The van der Waals surface area contributed by atoms with Crippen LogP contribution in [-0.2, 0) is 4.79 Å². The van der Waals surface area contributed by atoms with Gasteiger partial charge < -0.3 is 20.1 Å². The second-order valence-electron chi connectivity index (χ2n) is 7.34. The number of nitrogens with two attached hydrogens (primary N) is 1. The van der Waals surface area contributed by atoms with Crippen LogP contribution in [-0.4, -0.2) is 53.2 Å². The quantitative estimate of drug-likeness (QED) is 0.795. The van der Waals surface area contributed by atoms with Crippen LogP contribution in [0.15, 0.2) is 24.4 Å². The molecule has 0 bridgehead atoms. The van der Waals surface area contributed by atoms with Gasteiger partial charge in [0.15, 0.2) is 0 Å². The Morgan fingerprint density at radius 1 is 1.27 bits per heavy atom. The Morgan fingerprint density at radius 3 is 2.63 bits per heavy atom. The van der Waals surface area contributed by atoms with Crippen LogP contribution in [0.5, 0.6) is 11.5 Å². The van der Waals surface area contributed by atoms with E-state index in [2.05, 4.69) is 4.98 Å². The molecule has 1 atom stereocenters. The average Bonchev–Trinajstić information content (AvgIpc) is 2.66. The van der Waals surface area contributed by atoms with E-state index in [9.17, 15) is 22.8 Å². The first-order valence-electron chi connectivity index (χ1n) is 9.48. The highest BCUT2D eigenvalue weighted by atomic mass is 19.4. The lowest BCUT2D eigenvalue weighted by Gasteiger charge is -2.33. The zero-order valence-corrected chi connectivity index (χ0v) is 16.5. The first-order valence-corrected chi connectivity index (χ1v) is 9.48. The fraction of sp³-hybridized carbons (Fsp3) is 0.450. The molecule has 10 heteroatoms. The minimum Gasteiger partial charge on any atom is -0.490 e. The van der Waals surface area contributed by atoms with E-state index in [0.29, 0.717) is 29.5 Å². The van der Waals surface area contributed by atoms with Gasteiger partial charge in [-0.2, -0.15) is 13.2 Å². The largest absolute Gasteiger partial charge is 0.490 e. The average molecular weight is 425 g/mol. The first kappa shape index (κ1) is 21.7. The number of ether oxygens (including phenoxy) is 2. The Hall–Kier alpha value is -3.04. The smallest absolute Gasteiger partial charge is 0.471 e. The number of amides is 2. The van der Waals surface area contributed by atoms with Crippen LogP contribution in [0.3, 0.4) is 0 Å². The summed E-state index contributed by atoms with van der Waals surface area (Å²) in [5, 5.41) is 0.525. The molecule has 7 nitrogen and oxygen atoms in total. The van der Waals surface area contributed by atoms with Crippen LogP contribution < -0.4 is 15.2 Å². The number of piperidine rings is 1. The van der Waals surface area contributed by atoms with Crippen molar-refractivity contribution in [2.45, 2.75) is 45.1 Å². The summed E-state index contributed by atoms with van der Waals surface area (Å²) in [6.45, 7) is 3.45. The van der Waals surface area contributed by atoms with Gasteiger partial charge in [0, 0.05) is 18.1 Å². The van der Waals surface area contributed by atoms with Crippen LogP contribution in [0.1, 0.15) is 37.0 Å². The van der Waals surface area contributed by atoms with Gasteiger partial charge in [0.2, 0.25) is 0 Å². The van der Waals surface area contributed by atoms with E-state index in [1.165, 1.54) is 12.3 Å². The number of primary amides is 1. The highest BCUT2D eigenvalue weighted by molar-refractivity contribution is 6.01. The van der Waals surface area contributed by atoms with Gasteiger partial charge in [-0.1, -0.05) is 0 Å². The van der Waals surface area contributed by atoms with Gasteiger partial charge in [-0.25, -0.2) is 0 Å². The molecule has 0 spiro atoms. The van der Waals surface area contributed by atoms with Crippen molar-refractivity contribution in [3.05, 3.63) is 30.0 Å². The molecule has 1 fully saturated rings. The number of carbonyl (C=O) groups is 2. The molecule has 1 aliphatic rings. The topological polar surface area (TPSA) is 94.8 Å². The molecule has 1 saturated heterocycles. The maximum absolute atomic E-state index is 12.8. The zero-order valence-electron chi connectivity index (χ0n) is 16.5. The molecule has 1 aromatic carbocycles. The van der Waals surface area contributed by atoms with E-state index in [0.717, 1.165) is 4.90 Å². The Labute approximate surface area is 170 Å². The molecule has 2 aromatic rings. The summed E-state index contributed by atoms with van der Waals surface area (Å²) in [5.74, 6) is -1.90. The van der Waals surface area contributed by atoms with Crippen LogP contribution in [0.2, 0.25) is 0 Å². The molecule has 2 heterocycles. The molecular formula is C20H22F3N3O4. The minimum atomic E-state index is -4.92. The zero-order chi connectivity index (χ0) is 22.1. The van der Waals surface area contributed by atoms with Crippen molar-refractivity contribution in [1.29, 1.82) is 0 Å². The van der Waals surface area contributed by atoms with E-state index < -0.39 is 24.1 Å². The fourth-order valence-electron chi connectivity index (χ4n) is 3.37. The second kappa shape index (κ2) is 8.37. The van der Waals surface area contributed by atoms with Gasteiger partial charge in [0.05, 0.1) is 23.7 Å². The number of halogens is 3. The van der Waals surface area contributed by atoms with Crippen molar-refractivity contribution >= 4 is 22.7 Å². The second-order valence-corrected chi connectivity index (χ2v) is 7.34. The molecular weight excluding hydrogens is 403 g/mol. The number of aromatic nitrogens is 1. The van der Waals surface area contributed by atoms with Crippen LogP contribution in [0, 0.1) is 0 Å². The van der Waals surface area contributed by atoms with Crippen LogP contribution in [0.4, 0.5) is 13.2 Å². The van der Waals surface area contributed by atoms with E-state index in [-0.39, 0.29) is 30.5 Å². The molecule has 0 aliphatic carbocycles. The van der Waals surface area contributed by atoms with Crippen molar-refractivity contribution < 1.29 is 32.2 Å². The lowest BCUT2D eigenvalue weighted by molar-refractivity contribution is -0.187. The van der Waals surface area contributed by atoms with Crippen molar-refractivity contribution in [3.8, 4) is 11.5 Å². The summed E-state index contributed by atoms with van der Waals surface area (Å²) in [5.41, 5.74) is 6.03. The summed E-state index contributed by atoms with van der Waals surface area (Å²) in [4.78, 5) is 28.3. The molecule has 1 aliphatic heterocycles. The number of benzene rings is 1. The van der Waals surface area contributed by atoms with E-state index in [1.54, 1.807) is 26.0 Å². The molecule has 1 aromatic heterocycles. The van der Waals surface area contributed by atoms with Crippen LogP contribution >= 0.6 is 0 Å². The number of likely N-dealkylation sites (tertiary alicyclic amines) is 1. The molecule has 0 saturated carbocycles. The maximum Gasteiger partial charge on any atom is 0.471 e. The molecule has 3 rings (SSSR count). The number of rotatable bonds is 5. The Bertz CT molecular complexity index is 962. The van der Waals surface area contributed by atoms with Gasteiger partial charge in [0.1, 0.15) is 17.6 Å². The van der Waals surface area contributed by atoms with E-state index in [4.69, 9.17) is 15.2 Å². The van der Waals surface area contributed by atoms with Gasteiger partial charge in [-0.15, -0.1) is 0 Å². The molecule has 0 unspecified atom stereocenters. The summed E-state index contributed by atoms with van der Waals surface area (Å²) in [7, 11) is 0. The Morgan fingerprint density at radius 2 is 2.00 bits per heavy atom. The first-order chi connectivity index (χ1) is 14.1. The highest BCUT2D eigenvalue weighted by Gasteiger charge is 2.43. The molecule has 30 heavy (non-hydrogen) atoms. The van der Waals surface area contributed by atoms with Crippen molar-refractivity contribution in [2.24, 2.45) is 5.73 Å². The number of hydrogen-bond donors (Lipinski definition) is 1. The summed E-state index contributed by atoms with van der Waals surface area (Å²) in [6.07, 6.45) is -3.39. The number of pyridine rings is 1. The van der Waals surface area contributed by atoms with Crippen molar-refractivity contribution in [2.75, 3.05) is 13.1 Å². The fourth-order valence-corrected chi connectivity index (χ4v) is 3.37. The normalized spacial score (nSPS) is 17.3. The summed E-state index contributed by atoms with van der Waals surface area (Å²) < 4.78 is 49.9. The number of fused-ring (bicyclic) bond motifs is 1. The molecule has 2 amide bonds. The minimum absolute atomic E-state index is 0.0314. The van der Waals surface area contributed by atoms with Crippen molar-refractivity contribution in [1.82, 2.24) is 9.88 Å². The number of hydrogen-bond acceptors (Lipinski definition) is 5. The van der Waals surface area contributed by atoms with Gasteiger partial charge >= 0.3 is 12.1 Å². The SMILES string of the molecule is CC(C)Oc1cc2c(O[C@@H]3CCCN(C(=O)C(F)(F)F)C3)ccnc2cc1C(N)=O. The van der Waals surface area contributed by atoms with Gasteiger partial charge in [-0.05, 0) is 44.9 Å². The maximum atomic E-state index is 12.8. The number of nitrogens with zero attached hydrogens (tertiary/aromatic N) is 2. The summed E-state index contributed by atoms with van der Waals surface area (Å²) in [6, 6.07) is 4.65. The Kier molecular flexibility index (Phi) is 6.04. The third-order valence-electron chi connectivity index (χ3n) is 4.63. The predicted molar refractivity (Wildman–Crippen MR) is 102 cm³/mol. The molecule has 0 radical (unpaired) electrons. The van der Waals surface area contributed by atoms with Gasteiger partial charge in [-0.3, -0.25) is 14.6 Å². The number of carbonyl (C=O) groups excluding carboxylic acids is 2. The monoisotopic (exact) mass is 425 g/mol. The Balaban J connectivity index is 1.90. The summed E-state index contributed by atoms with van der Waals surface area (Å²) >= 11 is 0. The van der Waals surface area contributed by atoms with Crippen LogP contribution in [0.25, 0.3) is 10.9 Å². The van der Waals surface area contributed by atoms with Crippen molar-refractivity contribution in [3.63, 3.8) is 0 Å². The third-order valence-corrected chi connectivity index (χ3v) is 4.63. The lowest BCUT2D eigenvalue weighted by Crippen LogP contribution is -2.49. The molecule has 162 valence electrons. The highest BCUT2D eigenvalue weighted by Crippen LogP contribution is 2.33. The third kappa shape index (κ3) is 4.74. The number of alkyl halides is 3.